The summed E-state index contributed by atoms with van der Waals surface area (Å²) in [6.07, 6.45) is 4.75. The highest BCUT2D eigenvalue weighted by atomic mass is 79.9. The van der Waals surface area contributed by atoms with E-state index in [1.807, 2.05) is 31.7 Å². The molecule has 3 aliphatic heterocycles. The lowest BCUT2D eigenvalue weighted by Gasteiger charge is -2.37. The van der Waals surface area contributed by atoms with E-state index >= 15 is 0 Å². The molecule has 0 N–H and O–H groups in total. The summed E-state index contributed by atoms with van der Waals surface area (Å²) in [4.78, 5) is 17.5. The number of benzene rings is 1. The Labute approximate surface area is 210 Å². The van der Waals surface area contributed by atoms with E-state index in [-0.39, 0.29) is 24.5 Å². The van der Waals surface area contributed by atoms with Crippen molar-refractivity contribution in [1.82, 2.24) is 4.90 Å². The summed E-state index contributed by atoms with van der Waals surface area (Å²) >= 11 is 10.2. The third kappa shape index (κ3) is 5.16. The Kier molecular flexibility index (Phi) is 6.62. The predicted octanol–water partition coefficient (Wildman–Crippen LogP) is 5.95. The number of carbonyl (C=O) groups is 1. The average molecular weight is 542 g/mol. The number of fused-ring (bicyclic) bond motifs is 3. The van der Waals surface area contributed by atoms with Crippen molar-refractivity contribution in [3.8, 4) is 0 Å². The molecule has 8 heteroatoms. The normalized spacial score (nSPS) is 31.2. The molecule has 3 heterocycles. The van der Waals surface area contributed by atoms with Crippen LogP contribution < -0.4 is 4.90 Å². The molecule has 0 bridgehead atoms. The molecule has 33 heavy (non-hydrogen) atoms. The van der Waals surface area contributed by atoms with Crippen LogP contribution in [0.25, 0.3) is 0 Å². The molecule has 0 aromatic heterocycles. The second-order valence-corrected chi connectivity index (χ2v) is 12.2. The Morgan fingerprint density at radius 2 is 2.06 bits per heavy atom. The van der Waals surface area contributed by atoms with E-state index in [9.17, 15) is 4.79 Å². The molecule has 5 rings (SSSR count). The molecule has 1 aliphatic carbocycles. The van der Waals surface area contributed by atoms with Gasteiger partial charge in [-0.25, -0.2) is 4.79 Å². The van der Waals surface area contributed by atoms with Gasteiger partial charge in [-0.3, -0.25) is 0 Å². The van der Waals surface area contributed by atoms with Crippen molar-refractivity contribution < 1.29 is 19.0 Å². The predicted molar refractivity (Wildman–Crippen MR) is 132 cm³/mol. The molecule has 182 valence electrons. The van der Waals surface area contributed by atoms with Crippen molar-refractivity contribution in [3.05, 3.63) is 27.2 Å². The van der Waals surface area contributed by atoms with Gasteiger partial charge in [0.25, 0.3) is 0 Å². The number of likely N-dealkylation sites (tertiary alicyclic amines) is 1. The van der Waals surface area contributed by atoms with E-state index in [0.717, 1.165) is 48.3 Å². The van der Waals surface area contributed by atoms with Crippen LogP contribution in [0.2, 0.25) is 5.02 Å². The third-order valence-electron chi connectivity index (χ3n) is 7.17. The molecular formula is C25H34BrClN2O4. The number of rotatable bonds is 4. The molecule has 0 radical (unpaired) electrons. The zero-order chi connectivity index (χ0) is 23.3. The zero-order valence-corrected chi connectivity index (χ0v) is 22.0. The topological polar surface area (TPSA) is 51.2 Å². The Bertz CT molecular complexity index is 901. The lowest BCUT2D eigenvalue weighted by Crippen LogP contribution is -2.44. The number of nitrogens with zero attached hydrogens (tertiary/aromatic N) is 2. The third-order valence-corrected chi connectivity index (χ3v) is 7.99. The van der Waals surface area contributed by atoms with Crippen molar-refractivity contribution in [2.45, 2.75) is 82.8 Å². The Balaban J connectivity index is 1.36. The van der Waals surface area contributed by atoms with Crippen LogP contribution in [0.15, 0.2) is 16.6 Å². The zero-order valence-electron chi connectivity index (χ0n) is 19.7. The number of carbonyl (C=O) groups excluding carboxylic acids is 1. The highest BCUT2D eigenvalue weighted by Crippen LogP contribution is 2.57. The van der Waals surface area contributed by atoms with Gasteiger partial charge in [0, 0.05) is 35.2 Å². The number of hydrogen-bond acceptors (Lipinski definition) is 5. The van der Waals surface area contributed by atoms with Crippen molar-refractivity contribution in [3.63, 3.8) is 0 Å². The number of anilines is 1. The minimum absolute atomic E-state index is 0.0400. The molecule has 1 amide bonds. The SMILES string of the molecule is CC(C)(C)OC(=O)N1C[C@H](N2CC3CC3c3cc(Cl)cc(Br)c32)C[C@@H]1COC1CCCCO1. The van der Waals surface area contributed by atoms with E-state index in [4.69, 9.17) is 25.8 Å². The molecule has 5 atom stereocenters. The maximum Gasteiger partial charge on any atom is 0.410 e. The fourth-order valence-electron chi connectivity index (χ4n) is 5.56. The lowest BCUT2D eigenvalue weighted by atomic mass is 9.99. The van der Waals surface area contributed by atoms with Crippen LogP contribution in [-0.2, 0) is 14.2 Å². The van der Waals surface area contributed by atoms with E-state index in [1.54, 1.807) is 0 Å². The van der Waals surface area contributed by atoms with Crippen LogP contribution in [0.4, 0.5) is 10.5 Å². The van der Waals surface area contributed by atoms with Crippen molar-refractivity contribution in [1.29, 1.82) is 0 Å². The molecule has 0 spiro atoms. The maximum absolute atomic E-state index is 13.2. The first kappa shape index (κ1) is 23.7. The van der Waals surface area contributed by atoms with Gasteiger partial charge in [0.05, 0.1) is 18.3 Å². The number of hydrogen-bond donors (Lipinski definition) is 0. The molecule has 6 nitrogen and oxygen atoms in total. The van der Waals surface area contributed by atoms with Gasteiger partial charge in [-0.15, -0.1) is 0 Å². The minimum Gasteiger partial charge on any atom is -0.444 e. The van der Waals surface area contributed by atoms with Crippen LogP contribution in [-0.4, -0.2) is 61.3 Å². The monoisotopic (exact) mass is 540 g/mol. The second kappa shape index (κ2) is 9.21. The highest BCUT2D eigenvalue weighted by Gasteiger charge is 2.49. The number of amides is 1. The second-order valence-electron chi connectivity index (χ2n) is 10.9. The smallest absolute Gasteiger partial charge is 0.410 e. The molecule has 3 unspecified atom stereocenters. The molecule has 1 saturated carbocycles. The maximum atomic E-state index is 13.2. The first-order chi connectivity index (χ1) is 15.7. The summed E-state index contributed by atoms with van der Waals surface area (Å²) in [6.45, 7) is 8.59. The van der Waals surface area contributed by atoms with Crippen molar-refractivity contribution >= 4 is 39.3 Å². The summed E-state index contributed by atoms with van der Waals surface area (Å²) in [5.41, 5.74) is 2.04. The quantitative estimate of drug-likeness (QED) is 0.472. The van der Waals surface area contributed by atoms with Gasteiger partial charge < -0.3 is 24.0 Å². The van der Waals surface area contributed by atoms with Crippen LogP contribution in [0, 0.1) is 5.92 Å². The van der Waals surface area contributed by atoms with Gasteiger partial charge in [-0.05, 0) is 98.3 Å². The summed E-state index contributed by atoms with van der Waals surface area (Å²) in [6, 6.07) is 4.27. The van der Waals surface area contributed by atoms with E-state index in [1.165, 1.54) is 17.7 Å². The summed E-state index contributed by atoms with van der Waals surface area (Å²) in [7, 11) is 0. The van der Waals surface area contributed by atoms with Crippen LogP contribution in [0.3, 0.4) is 0 Å². The Hall–Kier alpha value is -1.02. The molecule has 1 aromatic carbocycles. The van der Waals surface area contributed by atoms with Gasteiger partial charge in [-0.1, -0.05) is 11.6 Å². The standard InChI is InChI=1S/C25H34BrClN2O4/c1-25(2,3)33-24(30)29-13-17(11-18(29)14-32-22-6-4-5-7-31-22)28-12-15-8-19(15)20-9-16(27)10-21(26)23(20)28/h9-10,15,17-19,22H,4-8,11-14H2,1-3H3/t15?,17-,18-,19?,22?/m1/s1. The van der Waals surface area contributed by atoms with Crippen LogP contribution in [0.5, 0.6) is 0 Å². The first-order valence-corrected chi connectivity index (χ1v) is 13.3. The van der Waals surface area contributed by atoms with Gasteiger partial charge in [0.1, 0.15) is 5.60 Å². The van der Waals surface area contributed by atoms with E-state index in [2.05, 4.69) is 26.9 Å². The van der Waals surface area contributed by atoms with E-state index < -0.39 is 5.60 Å². The number of halogens is 2. The molecule has 1 aromatic rings. The minimum atomic E-state index is -0.536. The lowest BCUT2D eigenvalue weighted by molar-refractivity contribution is -0.168. The highest BCUT2D eigenvalue weighted by molar-refractivity contribution is 9.10. The molecule has 3 fully saturated rings. The molecule has 2 saturated heterocycles. The largest absolute Gasteiger partial charge is 0.444 e. The first-order valence-electron chi connectivity index (χ1n) is 12.2. The number of ether oxygens (including phenoxy) is 3. The summed E-state index contributed by atoms with van der Waals surface area (Å²) in [5.74, 6) is 1.28. The average Bonchev–Trinajstić information content (AvgIpc) is 3.41. The van der Waals surface area contributed by atoms with Gasteiger partial charge in [0.15, 0.2) is 6.29 Å². The Morgan fingerprint density at radius 3 is 2.79 bits per heavy atom. The van der Waals surface area contributed by atoms with Gasteiger partial charge in [0.2, 0.25) is 0 Å². The van der Waals surface area contributed by atoms with Crippen molar-refractivity contribution in [2.75, 3.05) is 31.2 Å². The summed E-state index contributed by atoms with van der Waals surface area (Å²) in [5, 5.41) is 0.772. The van der Waals surface area contributed by atoms with Crippen molar-refractivity contribution in [2.24, 2.45) is 5.92 Å². The van der Waals surface area contributed by atoms with E-state index in [0.29, 0.717) is 25.0 Å². The fourth-order valence-corrected chi connectivity index (χ4v) is 6.62. The van der Waals surface area contributed by atoms with Crippen LogP contribution in [0.1, 0.15) is 64.4 Å². The van der Waals surface area contributed by atoms with Crippen LogP contribution >= 0.6 is 27.5 Å². The Morgan fingerprint density at radius 1 is 1.24 bits per heavy atom. The van der Waals surface area contributed by atoms with Gasteiger partial charge in [-0.2, -0.15) is 0 Å². The fraction of sp³-hybridized carbons (Fsp3) is 0.720. The molecular weight excluding hydrogens is 508 g/mol. The summed E-state index contributed by atoms with van der Waals surface area (Å²) < 4.78 is 18.7. The van der Waals surface area contributed by atoms with Gasteiger partial charge >= 0.3 is 6.09 Å². The molecule has 4 aliphatic rings.